The first-order valence-electron chi connectivity index (χ1n) is 8.40. The first-order chi connectivity index (χ1) is 13.0. The standard InChI is InChI=1S/C17H16N6O2.C2H6/c1-4-10-6-7-12(8-11(10)5-2)20-16(24)22-14-13-15(19-9-18-14)23(3)17(25)21-13;1-2/h4-9H,1-2H2,3H3,(H,21,25)(H2,18,19,20,22,24);1-2H3. The van der Waals surface area contributed by atoms with Crippen molar-refractivity contribution in [2.45, 2.75) is 13.8 Å². The van der Waals surface area contributed by atoms with Gasteiger partial charge in [-0.2, -0.15) is 0 Å². The molecule has 3 N–H and O–H groups in total. The molecule has 3 aromatic rings. The average Bonchev–Trinajstić information content (AvgIpc) is 2.98. The van der Waals surface area contributed by atoms with Gasteiger partial charge in [0.2, 0.25) is 0 Å². The number of aromatic amines is 1. The van der Waals surface area contributed by atoms with Gasteiger partial charge in [0.05, 0.1) is 0 Å². The molecule has 0 fully saturated rings. The Labute approximate surface area is 156 Å². The van der Waals surface area contributed by atoms with Crippen LogP contribution in [0.5, 0.6) is 0 Å². The molecule has 2 aromatic heterocycles. The Morgan fingerprint density at radius 1 is 1.15 bits per heavy atom. The molecule has 0 aliphatic carbocycles. The van der Waals surface area contributed by atoms with Gasteiger partial charge in [0, 0.05) is 12.7 Å². The van der Waals surface area contributed by atoms with Crippen LogP contribution in [0.3, 0.4) is 0 Å². The maximum atomic E-state index is 12.2. The lowest BCUT2D eigenvalue weighted by Gasteiger charge is -2.09. The van der Waals surface area contributed by atoms with Gasteiger partial charge < -0.3 is 10.3 Å². The third-order valence-electron chi connectivity index (χ3n) is 3.70. The van der Waals surface area contributed by atoms with Crippen LogP contribution in [0.2, 0.25) is 0 Å². The first-order valence-corrected chi connectivity index (χ1v) is 8.40. The second-order valence-electron chi connectivity index (χ2n) is 5.24. The second-order valence-corrected chi connectivity index (χ2v) is 5.24. The van der Waals surface area contributed by atoms with Crippen molar-refractivity contribution in [2.24, 2.45) is 7.05 Å². The zero-order valence-electron chi connectivity index (χ0n) is 15.5. The van der Waals surface area contributed by atoms with E-state index < -0.39 is 6.03 Å². The van der Waals surface area contributed by atoms with Gasteiger partial charge in [0.1, 0.15) is 11.8 Å². The number of urea groups is 1. The maximum Gasteiger partial charge on any atom is 0.327 e. The van der Waals surface area contributed by atoms with Crippen molar-refractivity contribution in [3.8, 4) is 0 Å². The number of aromatic nitrogens is 4. The number of nitrogens with one attached hydrogen (secondary N) is 3. The number of imidazole rings is 1. The summed E-state index contributed by atoms with van der Waals surface area (Å²) in [7, 11) is 1.58. The number of benzene rings is 1. The highest BCUT2D eigenvalue weighted by molar-refractivity contribution is 6.03. The number of anilines is 2. The van der Waals surface area contributed by atoms with Crippen LogP contribution in [-0.4, -0.2) is 25.6 Å². The van der Waals surface area contributed by atoms with E-state index >= 15 is 0 Å². The van der Waals surface area contributed by atoms with Gasteiger partial charge in [-0.05, 0) is 23.3 Å². The summed E-state index contributed by atoms with van der Waals surface area (Å²) in [6.07, 6.45) is 4.67. The normalized spacial score (nSPS) is 9.89. The molecule has 0 spiro atoms. The molecular weight excluding hydrogens is 344 g/mol. The van der Waals surface area contributed by atoms with Crippen molar-refractivity contribution in [1.29, 1.82) is 0 Å². The number of aryl methyl sites for hydroxylation is 1. The fraction of sp³-hybridized carbons (Fsp3) is 0.158. The summed E-state index contributed by atoms with van der Waals surface area (Å²) in [5.74, 6) is 0.215. The van der Waals surface area contributed by atoms with Crippen LogP contribution in [0, 0.1) is 0 Å². The molecule has 3 rings (SSSR count). The van der Waals surface area contributed by atoms with Crippen LogP contribution >= 0.6 is 0 Å². The molecule has 0 bridgehead atoms. The minimum atomic E-state index is -0.494. The van der Waals surface area contributed by atoms with Crippen molar-refractivity contribution < 1.29 is 4.79 Å². The Morgan fingerprint density at radius 3 is 2.52 bits per heavy atom. The molecule has 2 amide bonds. The zero-order valence-corrected chi connectivity index (χ0v) is 15.5. The summed E-state index contributed by atoms with van der Waals surface area (Å²) >= 11 is 0. The van der Waals surface area contributed by atoms with E-state index in [1.165, 1.54) is 10.9 Å². The molecule has 0 aliphatic heterocycles. The van der Waals surface area contributed by atoms with Crippen molar-refractivity contribution in [2.75, 3.05) is 10.6 Å². The number of hydrogen-bond acceptors (Lipinski definition) is 4. The SMILES string of the molecule is C=Cc1ccc(NC(=O)Nc2ncnc3c2[nH]c(=O)n3C)cc1C=C.CC. The topological polar surface area (TPSA) is 105 Å². The fourth-order valence-corrected chi connectivity index (χ4v) is 2.41. The van der Waals surface area contributed by atoms with Crippen LogP contribution in [-0.2, 0) is 7.05 Å². The molecule has 27 heavy (non-hydrogen) atoms. The summed E-state index contributed by atoms with van der Waals surface area (Å²) in [6.45, 7) is 11.5. The summed E-state index contributed by atoms with van der Waals surface area (Å²) in [6, 6.07) is 4.87. The van der Waals surface area contributed by atoms with Crippen LogP contribution in [0.25, 0.3) is 23.3 Å². The van der Waals surface area contributed by atoms with Gasteiger partial charge >= 0.3 is 11.7 Å². The van der Waals surface area contributed by atoms with E-state index in [1.54, 1.807) is 31.3 Å². The highest BCUT2D eigenvalue weighted by Gasteiger charge is 2.13. The molecule has 0 saturated heterocycles. The first kappa shape index (κ1) is 19.6. The Balaban J connectivity index is 0.00000126. The number of carbonyl (C=O) groups excluding carboxylic acids is 1. The van der Waals surface area contributed by atoms with Crippen molar-refractivity contribution in [3.05, 3.63) is 59.3 Å². The van der Waals surface area contributed by atoms with E-state index in [2.05, 4.69) is 38.7 Å². The lowest BCUT2D eigenvalue weighted by molar-refractivity contribution is 0.262. The Bertz CT molecular complexity index is 1050. The van der Waals surface area contributed by atoms with Gasteiger partial charge in [0.25, 0.3) is 0 Å². The lowest BCUT2D eigenvalue weighted by atomic mass is 10.1. The summed E-state index contributed by atoms with van der Waals surface area (Å²) in [5.41, 5.74) is 2.78. The number of hydrogen-bond donors (Lipinski definition) is 3. The van der Waals surface area contributed by atoms with E-state index in [1.807, 2.05) is 19.9 Å². The Hall–Kier alpha value is -3.68. The van der Waals surface area contributed by atoms with Crippen molar-refractivity contribution in [1.82, 2.24) is 19.5 Å². The molecule has 8 heteroatoms. The smallest absolute Gasteiger partial charge is 0.308 e. The quantitative estimate of drug-likeness (QED) is 0.656. The number of carbonyl (C=O) groups is 1. The Kier molecular flexibility index (Phi) is 6.27. The van der Waals surface area contributed by atoms with Crippen LogP contribution in [0.15, 0.2) is 42.5 Å². The Morgan fingerprint density at radius 2 is 1.85 bits per heavy atom. The monoisotopic (exact) mass is 366 g/mol. The molecule has 0 aliphatic rings. The highest BCUT2D eigenvalue weighted by Crippen LogP contribution is 2.19. The number of amides is 2. The van der Waals surface area contributed by atoms with Crippen molar-refractivity contribution in [3.63, 3.8) is 0 Å². The molecule has 0 radical (unpaired) electrons. The maximum absolute atomic E-state index is 12.2. The second kappa shape index (κ2) is 8.61. The summed E-state index contributed by atoms with van der Waals surface area (Å²) < 4.78 is 1.34. The highest BCUT2D eigenvalue weighted by atomic mass is 16.2. The lowest BCUT2D eigenvalue weighted by Crippen LogP contribution is -2.20. The molecule has 140 valence electrons. The van der Waals surface area contributed by atoms with Gasteiger partial charge in [-0.25, -0.2) is 19.6 Å². The van der Waals surface area contributed by atoms with E-state index in [4.69, 9.17) is 0 Å². The van der Waals surface area contributed by atoms with E-state index in [-0.39, 0.29) is 11.5 Å². The zero-order chi connectivity index (χ0) is 20.0. The minimum Gasteiger partial charge on any atom is -0.308 e. The van der Waals surface area contributed by atoms with Crippen LogP contribution in [0.4, 0.5) is 16.3 Å². The largest absolute Gasteiger partial charge is 0.327 e. The third kappa shape index (κ3) is 4.12. The molecule has 2 heterocycles. The fourth-order valence-electron chi connectivity index (χ4n) is 2.41. The third-order valence-corrected chi connectivity index (χ3v) is 3.70. The molecular formula is C19H22N6O2. The van der Waals surface area contributed by atoms with Gasteiger partial charge in [-0.1, -0.05) is 45.2 Å². The van der Waals surface area contributed by atoms with E-state index in [0.29, 0.717) is 16.9 Å². The molecule has 1 aromatic carbocycles. The van der Waals surface area contributed by atoms with Crippen LogP contribution in [0.1, 0.15) is 25.0 Å². The van der Waals surface area contributed by atoms with Gasteiger partial charge in [-0.15, -0.1) is 0 Å². The van der Waals surface area contributed by atoms with Crippen molar-refractivity contribution >= 4 is 40.9 Å². The number of rotatable bonds is 4. The van der Waals surface area contributed by atoms with E-state index in [9.17, 15) is 9.59 Å². The average molecular weight is 366 g/mol. The summed E-state index contributed by atoms with van der Waals surface area (Å²) in [5, 5.41) is 5.32. The van der Waals surface area contributed by atoms with Crippen LogP contribution < -0.4 is 16.3 Å². The van der Waals surface area contributed by atoms with E-state index in [0.717, 1.165) is 11.1 Å². The minimum absolute atomic E-state index is 0.215. The molecule has 0 unspecified atom stereocenters. The summed E-state index contributed by atoms with van der Waals surface area (Å²) in [4.78, 5) is 34.6. The predicted molar refractivity (Wildman–Crippen MR) is 110 cm³/mol. The molecule has 0 saturated carbocycles. The number of H-pyrrole nitrogens is 1. The van der Waals surface area contributed by atoms with Gasteiger partial charge in [-0.3, -0.25) is 9.88 Å². The molecule has 8 nitrogen and oxygen atoms in total. The molecule has 0 atom stereocenters. The number of nitrogens with zero attached hydrogens (tertiary/aromatic N) is 3. The number of fused-ring (bicyclic) bond motifs is 1. The van der Waals surface area contributed by atoms with Gasteiger partial charge in [0.15, 0.2) is 11.5 Å². The predicted octanol–water partition coefficient (Wildman–Crippen LogP) is 3.61.